The van der Waals surface area contributed by atoms with Gasteiger partial charge in [0.05, 0.1) is 5.69 Å². The van der Waals surface area contributed by atoms with Gasteiger partial charge in [0.15, 0.2) is 0 Å². The number of nitrogens with one attached hydrogen (secondary N) is 1. The molecule has 0 spiro atoms. The van der Waals surface area contributed by atoms with Crippen molar-refractivity contribution in [1.82, 2.24) is 10.2 Å². The van der Waals surface area contributed by atoms with Crippen molar-refractivity contribution in [2.45, 2.75) is 19.3 Å². The first-order valence-electron chi connectivity index (χ1n) is 5.76. The minimum atomic E-state index is -0.779. The third-order valence-electron chi connectivity index (χ3n) is 2.91. The molecule has 0 fully saturated rings. The van der Waals surface area contributed by atoms with Gasteiger partial charge in [0.2, 0.25) is 0 Å². The second kappa shape index (κ2) is 4.76. The normalized spacial score (nSPS) is 11.3. The largest absolute Gasteiger partial charge is 0.302 e. The van der Waals surface area contributed by atoms with E-state index in [1.807, 2.05) is 0 Å². The van der Waals surface area contributed by atoms with Crippen molar-refractivity contribution in [2.75, 3.05) is 0 Å². The first-order valence-corrected chi connectivity index (χ1v) is 5.76. The predicted molar refractivity (Wildman–Crippen MR) is 69.3 cm³/mol. The minimum Gasteiger partial charge on any atom is -0.302 e. The van der Waals surface area contributed by atoms with Crippen molar-refractivity contribution in [3.63, 3.8) is 0 Å². The van der Waals surface area contributed by atoms with E-state index in [1.165, 1.54) is 24.3 Å². The first kappa shape index (κ1) is 13.1. The molecule has 0 bridgehead atoms. The Bertz CT molecular complexity index is 657. The van der Waals surface area contributed by atoms with Crippen molar-refractivity contribution in [3.05, 3.63) is 52.1 Å². The van der Waals surface area contributed by atoms with E-state index >= 15 is 0 Å². The summed E-state index contributed by atoms with van der Waals surface area (Å²) in [5, 5.41) is 6.14. The van der Waals surface area contributed by atoms with Crippen molar-refractivity contribution < 1.29 is 9.18 Å². The molecular formula is C14H13FN2O2. The molecule has 0 saturated carbocycles. The minimum absolute atomic E-state index is 0.325. The monoisotopic (exact) mass is 260 g/mol. The Labute approximate surface area is 109 Å². The second-order valence-electron chi connectivity index (χ2n) is 4.87. The maximum atomic E-state index is 13.6. The molecule has 0 radical (unpaired) electrons. The Morgan fingerprint density at radius 2 is 2.00 bits per heavy atom. The summed E-state index contributed by atoms with van der Waals surface area (Å²) in [6.45, 7) is 3.41. The van der Waals surface area contributed by atoms with Crippen LogP contribution in [0.25, 0.3) is 11.3 Å². The zero-order valence-electron chi connectivity index (χ0n) is 10.6. The number of halogens is 1. The maximum Gasteiger partial charge on any atom is 0.264 e. The quantitative estimate of drug-likeness (QED) is 0.859. The molecule has 5 heteroatoms. The third kappa shape index (κ3) is 2.76. The number of aromatic amines is 1. The number of aldehydes is 1. The van der Waals surface area contributed by atoms with Gasteiger partial charge in [0, 0.05) is 17.0 Å². The number of carbonyl (C=O) groups is 1. The molecule has 0 saturated heterocycles. The van der Waals surface area contributed by atoms with Crippen LogP contribution < -0.4 is 5.56 Å². The molecule has 0 aliphatic carbocycles. The maximum absolute atomic E-state index is 13.6. The van der Waals surface area contributed by atoms with Gasteiger partial charge in [0.25, 0.3) is 5.56 Å². The molecule has 4 nitrogen and oxygen atoms in total. The van der Waals surface area contributed by atoms with Gasteiger partial charge in [-0.15, -0.1) is 0 Å². The number of nitrogens with zero attached hydrogens (tertiary/aromatic N) is 1. The lowest BCUT2D eigenvalue weighted by Gasteiger charge is -2.18. The zero-order chi connectivity index (χ0) is 14.0. The lowest BCUT2D eigenvalue weighted by atomic mass is 9.85. The van der Waals surface area contributed by atoms with Crippen molar-refractivity contribution in [1.29, 1.82) is 0 Å². The smallest absolute Gasteiger partial charge is 0.264 e. The summed E-state index contributed by atoms with van der Waals surface area (Å²) in [5.74, 6) is -0.449. The predicted octanol–water partition coefficient (Wildman–Crippen LogP) is 2.05. The first-order chi connectivity index (χ1) is 8.92. The van der Waals surface area contributed by atoms with Crippen LogP contribution in [0.2, 0.25) is 0 Å². The fourth-order valence-corrected chi connectivity index (χ4v) is 1.68. The van der Waals surface area contributed by atoms with Gasteiger partial charge in [-0.25, -0.2) is 9.49 Å². The Kier molecular flexibility index (Phi) is 3.29. The van der Waals surface area contributed by atoms with E-state index in [9.17, 15) is 14.0 Å². The summed E-state index contributed by atoms with van der Waals surface area (Å²) in [6.07, 6.45) is 0.770. The standard InChI is InChI=1S/C14H13FN2O2/c1-14(2,8-18)10-5-9(6-11(15)7-10)12-3-4-13(19)17-16-12/h3-8H,1-2H3,(H,17,19). The lowest BCUT2D eigenvalue weighted by Crippen LogP contribution is -2.19. The van der Waals surface area contributed by atoms with Gasteiger partial charge >= 0.3 is 0 Å². The highest BCUT2D eigenvalue weighted by Crippen LogP contribution is 2.26. The van der Waals surface area contributed by atoms with Gasteiger partial charge in [-0.3, -0.25) is 4.79 Å². The van der Waals surface area contributed by atoms with Crippen LogP contribution >= 0.6 is 0 Å². The SMILES string of the molecule is CC(C)(C=O)c1cc(F)cc(-c2ccc(=O)[nH]n2)c1. The number of carbonyl (C=O) groups excluding carboxylic acids is 1. The van der Waals surface area contributed by atoms with Crippen molar-refractivity contribution >= 4 is 6.29 Å². The van der Waals surface area contributed by atoms with Gasteiger partial charge in [-0.05, 0) is 43.7 Å². The molecule has 0 unspecified atom stereocenters. The van der Waals surface area contributed by atoms with E-state index in [2.05, 4.69) is 10.2 Å². The molecule has 0 aliphatic heterocycles. The summed E-state index contributed by atoms with van der Waals surface area (Å²) >= 11 is 0. The highest BCUT2D eigenvalue weighted by Gasteiger charge is 2.21. The molecule has 0 atom stereocenters. The Balaban J connectivity index is 2.56. The number of rotatable bonds is 3. The molecule has 0 amide bonds. The van der Waals surface area contributed by atoms with Crippen LogP contribution in [0.1, 0.15) is 19.4 Å². The van der Waals surface area contributed by atoms with Gasteiger partial charge < -0.3 is 4.79 Å². The summed E-state index contributed by atoms with van der Waals surface area (Å²) in [7, 11) is 0. The molecule has 1 N–H and O–H groups in total. The number of aromatic nitrogens is 2. The second-order valence-corrected chi connectivity index (χ2v) is 4.87. The Morgan fingerprint density at radius 1 is 1.26 bits per heavy atom. The van der Waals surface area contributed by atoms with Crippen LogP contribution in [-0.2, 0) is 10.2 Å². The van der Waals surface area contributed by atoms with E-state index in [4.69, 9.17) is 0 Å². The fraction of sp³-hybridized carbons (Fsp3) is 0.214. The average Bonchev–Trinajstić information content (AvgIpc) is 2.39. The number of benzene rings is 1. The van der Waals surface area contributed by atoms with E-state index in [1.54, 1.807) is 19.9 Å². The van der Waals surface area contributed by atoms with E-state index in [-0.39, 0.29) is 5.56 Å². The van der Waals surface area contributed by atoms with Crippen molar-refractivity contribution in [3.8, 4) is 11.3 Å². The van der Waals surface area contributed by atoms with Crippen LogP contribution in [0.4, 0.5) is 4.39 Å². The molecule has 0 aliphatic rings. The van der Waals surface area contributed by atoms with Crippen LogP contribution in [0.5, 0.6) is 0 Å². The number of H-pyrrole nitrogens is 1. The topological polar surface area (TPSA) is 62.8 Å². The van der Waals surface area contributed by atoms with Crippen LogP contribution in [-0.4, -0.2) is 16.5 Å². The van der Waals surface area contributed by atoms with Crippen LogP contribution in [0.3, 0.4) is 0 Å². The highest BCUT2D eigenvalue weighted by atomic mass is 19.1. The van der Waals surface area contributed by atoms with Gasteiger partial charge in [-0.2, -0.15) is 5.10 Å². The molecule has 2 rings (SSSR count). The van der Waals surface area contributed by atoms with Crippen LogP contribution in [0.15, 0.2) is 35.1 Å². The lowest BCUT2D eigenvalue weighted by molar-refractivity contribution is -0.111. The summed E-state index contributed by atoms with van der Waals surface area (Å²) in [5.41, 5.74) is 0.418. The zero-order valence-corrected chi connectivity index (χ0v) is 10.6. The molecule has 19 heavy (non-hydrogen) atoms. The van der Waals surface area contributed by atoms with E-state index in [0.717, 1.165) is 6.29 Å². The van der Waals surface area contributed by atoms with Gasteiger partial charge in [0.1, 0.15) is 12.1 Å². The van der Waals surface area contributed by atoms with Gasteiger partial charge in [-0.1, -0.05) is 0 Å². The molecule has 1 aromatic heterocycles. The molecule has 1 aromatic carbocycles. The van der Waals surface area contributed by atoms with E-state index < -0.39 is 11.2 Å². The number of hydrogen-bond donors (Lipinski definition) is 1. The van der Waals surface area contributed by atoms with Crippen molar-refractivity contribution in [2.24, 2.45) is 0 Å². The highest BCUT2D eigenvalue weighted by molar-refractivity contribution is 5.70. The molecule has 2 aromatic rings. The summed E-state index contributed by atoms with van der Waals surface area (Å²) in [4.78, 5) is 22.0. The Hall–Kier alpha value is -2.30. The summed E-state index contributed by atoms with van der Waals surface area (Å²) in [6, 6.07) is 7.15. The number of hydrogen-bond acceptors (Lipinski definition) is 3. The summed E-state index contributed by atoms with van der Waals surface area (Å²) < 4.78 is 13.6. The molecule has 1 heterocycles. The fourth-order valence-electron chi connectivity index (χ4n) is 1.68. The molecule has 98 valence electrons. The van der Waals surface area contributed by atoms with Crippen LogP contribution in [0, 0.1) is 5.82 Å². The average molecular weight is 260 g/mol. The third-order valence-corrected chi connectivity index (χ3v) is 2.91. The Morgan fingerprint density at radius 3 is 2.58 bits per heavy atom. The van der Waals surface area contributed by atoms with E-state index in [0.29, 0.717) is 16.8 Å². The molecular weight excluding hydrogens is 247 g/mol.